The van der Waals surface area contributed by atoms with Crippen LogP contribution in [0.4, 0.5) is 10.5 Å². The highest BCUT2D eigenvalue weighted by Crippen LogP contribution is 2.43. The van der Waals surface area contributed by atoms with Crippen molar-refractivity contribution >= 4 is 75.8 Å². The van der Waals surface area contributed by atoms with Crippen molar-refractivity contribution in [3.63, 3.8) is 0 Å². The summed E-state index contributed by atoms with van der Waals surface area (Å²) >= 11 is 19.2. The number of hydrogen-bond donors (Lipinski definition) is 2. The van der Waals surface area contributed by atoms with Gasteiger partial charge < -0.3 is 25.0 Å². The molecule has 34 heavy (non-hydrogen) atoms. The van der Waals surface area contributed by atoms with E-state index < -0.39 is 23.6 Å². The molecule has 0 radical (unpaired) electrons. The van der Waals surface area contributed by atoms with Gasteiger partial charge in [-0.3, -0.25) is 4.79 Å². The number of carbonyl (C=O) groups excluding carboxylic acids is 2. The van der Waals surface area contributed by atoms with E-state index in [1.54, 1.807) is 30.0 Å². The smallest absolute Gasteiger partial charge is 0.408 e. The van der Waals surface area contributed by atoms with Gasteiger partial charge in [-0.05, 0) is 50.8 Å². The van der Waals surface area contributed by atoms with Crippen molar-refractivity contribution in [2.75, 3.05) is 17.2 Å². The number of aliphatic carboxylic acids is 1. The summed E-state index contributed by atoms with van der Waals surface area (Å²) in [5, 5.41) is 13.0. The molecule has 4 rings (SSSR count). The predicted molar refractivity (Wildman–Crippen MR) is 136 cm³/mol. The van der Waals surface area contributed by atoms with E-state index in [1.807, 2.05) is 0 Å². The van der Waals surface area contributed by atoms with Crippen molar-refractivity contribution < 1.29 is 24.2 Å². The van der Waals surface area contributed by atoms with Gasteiger partial charge in [0.15, 0.2) is 5.54 Å². The second-order valence-corrected chi connectivity index (χ2v) is 11.3. The van der Waals surface area contributed by atoms with Crippen LogP contribution in [0, 0.1) is 0 Å². The molecule has 3 aliphatic rings. The van der Waals surface area contributed by atoms with Crippen LogP contribution < -0.4 is 10.2 Å². The number of carboxylic acid groups (broad SMARTS) is 1. The number of fused-ring (bicyclic) bond motifs is 1. The molecule has 3 fully saturated rings. The minimum atomic E-state index is -1.64. The van der Waals surface area contributed by atoms with Crippen molar-refractivity contribution in [1.82, 2.24) is 10.2 Å². The molecular formula is C22H25Cl2N3O5S2. The van der Waals surface area contributed by atoms with Crippen LogP contribution >= 0.6 is 47.2 Å². The third-order valence-corrected chi connectivity index (χ3v) is 8.68. The van der Waals surface area contributed by atoms with E-state index in [4.69, 9.17) is 40.2 Å². The zero-order valence-electron chi connectivity index (χ0n) is 18.5. The molecule has 184 valence electrons. The lowest BCUT2D eigenvalue weighted by atomic mass is 9.95. The van der Waals surface area contributed by atoms with Crippen LogP contribution in [-0.4, -0.2) is 68.3 Å². The number of rotatable bonds is 5. The zero-order valence-corrected chi connectivity index (χ0v) is 21.6. The first-order chi connectivity index (χ1) is 16.1. The van der Waals surface area contributed by atoms with Crippen LogP contribution in [0.15, 0.2) is 18.2 Å². The Morgan fingerprint density at radius 1 is 1.29 bits per heavy atom. The number of thioether (sulfide) groups is 1. The van der Waals surface area contributed by atoms with Gasteiger partial charge in [0.25, 0.3) is 0 Å². The highest BCUT2D eigenvalue weighted by Gasteiger charge is 2.60. The Hall–Kier alpha value is -1.75. The number of carbonyl (C=O) groups is 3. The fourth-order valence-electron chi connectivity index (χ4n) is 4.66. The van der Waals surface area contributed by atoms with Gasteiger partial charge in [-0.2, -0.15) is 0 Å². The van der Waals surface area contributed by atoms with Gasteiger partial charge in [-0.15, -0.1) is 11.8 Å². The van der Waals surface area contributed by atoms with E-state index in [1.165, 1.54) is 16.7 Å². The van der Waals surface area contributed by atoms with E-state index in [2.05, 4.69) is 5.32 Å². The van der Waals surface area contributed by atoms with Crippen LogP contribution in [-0.2, 0) is 14.3 Å². The van der Waals surface area contributed by atoms with Crippen LogP contribution in [0.2, 0.25) is 10.0 Å². The fourth-order valence-corrected chi connectivity index (χ4v) is 6.77. The first-order valence-corrected chi connectivity index (χ1v) is 13.2. The molecule has 0 aromatic heterocycles. The first kappa shape index (κ1) is 25.3. The molecule has 2 unspecified atom stereocenters. The van der Waals surface area contributed by atoms with E-state index in [0.717, 1.165) is 32.1 Å². The van der Waals surface area contributed by atoms with Crippen LogP contribution in [0.3, 0.4) is 0 Å². The summed E-state index contributed by atoms with van der Waals surface area (Å²) in [6.07, 6.45) is 3.64. The van der Waals surface area contributed by atoms with E-state index in [9.17, 15) is 19.5 Å². The molecule has 1 saturated carbocycles. The van der Waals surface area contributed by atoms with Crippen LogP contribution in [0.5, 0.6) is 0 Å². The number of carboxylic acids is 1. The van der Waals surface area contributed by atoms with Crippen molar-refractivity contribution in [2.45, 2.75) is 62.1 Å². The summed E-state index contributed by atoms with van der Waals surface area (Å²) in [6.45, 7) is 1.53. The monoisotopic (exact) mass is 545 g/mol. The standard InChI is InChI=1S/C22H25Cl2N3O5S2/c1-12(33)27(16-9-13(23)7-8-15(16)24)17-18(28)26-10-22(20(29)30,11-34-19(17)26)25-21(31)32-14-5-3-2-4-6-14/h7-9,14,17,19H,2-6,10-11H2,1H3,(H,25,31)(H,29,30)/t17?,19-,22?/m1/s1. The molecule has 0 bridgehead atoms. The number of halogens is 2. The maximum absolute atomic E-state index is 13.2. The number of hydrogen-bond acceptors (Lipinski definition) is 6. The lowest BCUT2D eigenvalue weighted by Crippen LogP contribution is -2.78. The predicted octanol–water partition coefficient (Wildman–Crippen LogP) is 4.31. The minimum Gasteiger partial charge on any atom is -0.479 e. The Labute approximate surface area is 217 Å². The van der Waals surface area contributed by atoms with Crippen LogP contribution in [0.25, 0.3) is 0 Å². The number of benzene rings is 1. The number of nitrogens with one attached hydrogen (secondary N) is 1. The second kappa shape index (κ2) is 10.1. The SMILES string of the molecule is CC(=S)N(c1cc(Cl)ccc1Cl)C1C(=O)N2CC(NC(=O)OC3CCCCC3)(C(=O)O)CS[C@H]12. The first-order valence-electron chi connectivity index (χ1n) is 11.0. The molecular weight excluding hydrogens is 521 g/mol. The van der Waals surface area contributed by atoms with Gasteiger partial charge in [0.05, 0.1) is 22.2 Å². The normalized spacial score (nSPS) is 26.8. The molecule has 8 nitrogen and oxygen atoms in total. The quantitative estimate of drug-likeness (QED) is 0.417. The maximum atomic E-state index is 13.2. The summed E-state index contributed by atoms with van der Waals surface area (Å²) in [7, 11) is 0. The van der Waals surface area contributed by atoms with Gasteiger partial charge in [0.1, 0.15) is 17.5 Å². The largest absolute Gasteiger partial charge is 0.479 e. The second-order valence-electron chi connectivity index (χ2n) is 8.77. The highest BCUT2D eigenvalue weighted by molar-refractivity contribution is 8.00. The molecule has 2 N–H and O–H groups in total. The molecule has 2 saturated heterocycles. The minimum absolute atomic E-state index is 0.0701. The Kier molecular flexibility index (Phi) is 7.52. The van der Waals surface area contributed by atoms with Gasteiger partial charge in [-0.25, -0.2) is 9.59 Å². The third-order valence-electron chi connectivity index (χ3n) is 6.42. The Bertz CT molecular complexity index is 1020. The third kappa shape index (κ3) is 4.82. The number of nitrogens with zero attached hydrogens (tertiary/aromatic N) is 2. The number of anilines is 1. The summed E-state index contributed by atoms with van der Waals surface area (Å²) in [5.74, 6) is -1.44. The molecule has 3 atom stereocenters. The fraction of sp³-hybridized carbons (Fsp3) is 0.545. The van der Waals surface area contributed by atoms with Crippen molar-refractivity contribution in [3.8, 4) is 0 Å². The molecule has 2 amide bonds. The lowest BCUT2D eigenvalue weighted by Gasteiger charge is -2.56. The van der Waals surface area contributed by atoms with Crippen molar-refractivity contribution in [1.29, 1.82) is 0 Å². The summed E-state index contributed by atoms with van der Waals surface area (Å²) in [4.78, 5) is 41.5. The number of amides is 2. The highest BCUT2D eigenvalue weighted by atomic mass is 35.5. The summed E-state index contributed by atoms with van der Waals surface area (Å²) in [5.41, 5.74) is -1.12. The molecule has 1 aliphatic carbocycles. The van der Waals surface area contributed by atoms with E-state index >= 15 is 0 Å². The zero-order chi connectivity index (χ0) is 24.6. The number of ether oxygens (including phenoxy) is 1. The number of alkyl carbamates (subject to hydrolysis) is 1. The van der Waals surface area contributed by atoms with Crippen molar-refractivity contribution in [3.05, 3.63) is 28.2 Å². The molecule has 2 aliphatic heterocycles. The molecule has 0 spiro atoms. The Morgan fingerprint density at radius 2 is 2.00 bits per heavy atom. The lowest BCUT2D eigenvalue weighted by molar-refractivity contribution is -0.152. The number of thiocarbonyl (C=S) groups is 1. The Morgan fingerprint density at radius 3 is 2.65 bits per heavy atom. The van der Waals surface area contributed by atoms with E-state index in [-0.39, 0.29) is 29.7 Å². The topological polar surface area (TPSA) is 99.2 Å². The van der Waals surface area contributed by atoms with E-state index in [0.29, 0.717) is 20.7 Å². The molecule has 12 heteroatoms. The summed E-state index contributed by atoms with van der Waals surface area (Å²) < 4.78 is 5.47. The maximum Gasteiger partial charge on any atom is 0.408 e. The Balaban J connectivity index is 1.50. The molecule has 1 aromatic rings. The van der Waals surface area contributed by atoms with Gasteiger partial charge >= 0.3 is 12.1 Å². The van der Waals surface area contributed by atoms with Crippen molar-refractivity contribution in [2.24, 2.45) is 0 Å². The van der Waals surface area contributed by atoms with Gasteiger partial charge in [0.2, 0.25) is 5.91 Å². The molecule has 1 aromatic carbocycles. The van der Waals surface area contributed by atoms with Gasteiger partial charge in [-0.1, -0.05) is 41.8 Å². The van der Waals surface area contributed by atoms with Crippen LogP contribution in [0.1, 0.15) is 39.0 Å². The average molecular weight is 546 g/mol. The van der Waals surface area contributed by atoms with Gasteiger partial charge in [0, 0.05) is 10.8 Å². The summed E-state index contributed by atoms with van der Waals surface area (Å²) in [6, 6.07) is 4.28. The average Bonchev–Trinajstić information content (AvgIpc) is 2.79. The number of β-lactam (4-membered cyclic amide) rings is 1. The molecule has 2 heterocycles.